The van der Waals surface area contributed by atoms with Gasteiger partial charge >= 0.3 is 10.4 Å². The van der Waals surface area contributed by atoms with Gasteiger partial charge in [-0.3, -0.25) is 28.9 Å². The molecule has 6 saturated heterocycles. The van der Waals surface area contributed by atoms with E-state index in [1.807, 2.05) is 60.9 Å². The van der Waals surface area contributed by atoms with Crippen molar-refractivity contribution in [3.63, 3.8) is 0 Å². The molecule has 4 bridgehead atoms. The summed E-state index contributed by atoms with van der Waals surface area (Å²) in [6.07, 6.45) is 11.5. The molecule has 10 rings (SSSR count). The maximum atomic E-state index is 11.0. The first-order valence-corrected chi connectivity index (χ1v) is 18.4. The molecule has 11 heteroatoms. The van der Waals surface area contributed by atoms with Crippen molar-refractivity contribution >= 4 is 32.2 Å². The Balaban J connectivity index is 0.000000150. The molecule has 2 aromatic heterocycles. The average molecular weight is 687 g/mol. The summed E-state index contributed by atoms with van der Waals surface area (Å²) in [6, 6.07) is 20.5. The SMILES string of the molecule is C=C[C@H]1CN2CC[C@@H]1C[C@H]2C(O)c1ccnc2ccccc12.C=C[C@H]1CN2CC[C@@H]1C[C@H]2C(O)c1ccnc2ccccc12.O=S(=O)(O)O. The van der Waals surface area contributed by atoms with E-state index in [1.54, 1.807) is 0 Å². The Morgan fingerprint density at radius 3 is 1.43 bits per heavy atom. The maximum absolute atomic E-state index is 11.0. The topological polar surface area (TPSA) is 147 Å². The fourth-order valence-electron chi connectivity index (χ4n) is 8.58. The van der Waals surface area contributed by atoms with Gasteiger partial charge in [-0.25, -0.2) is 0 Å². The van der Waals surface area contributed by atoms with E-state index in [0.29, 0.717) is 23.7 Å². The zero-order chi connectivity index (χ0) is 34.7. The number of aliphatic hydroxyl groups excluding tert-OH is 2. The van der Waals surface area contributed by atoms with Crippen LogP contribution in [0.5, 0.6) is 0 Å². The summed E-state index contributed by atoms with van der Waals surface area (Å²) in [5.41, 5.74) is 3.94. The molecule has 6 aliphatic heterocycles. The van der Waals surface area contributed by atoms with Gasteiger partial charge in [-0.2, -0.15) is 8.42 Å². The standard InChI is InChI=1S/2C19H22N2O.H2O4S/c2*1-2-13-12-21-10-8-14(13)11-18(21)19(22)16-7-9-20-17-6-4-3-5-15(16)17;1-5(2,3)4/h2*2-7,9,13-14,18-19,22H,1,8,10-12H2;(H2,1,2,3,4)/t2*13-,14+,18-,19?;/m00./s1. The summed E-state index contributed by atoms with van der Waals surface area (Å²) in [7, 11) is -4.67. The van der Waals surface area contributed by atoms with Gasteiger partial charge in [0.25, 0.3) is 0 Å². The van der Waals surface area contributed by atoms with Gasteiger partial charge in [0.1, 0.15) is 0 Å². The van der Waals surface area contributed by atoms with Crippen molar-refractivity contribution in [2.45, 2.75) is 50.0 Å². The number of nitrogens with zero attached hydrogens (tertiary/aromatic N) is 4. The molecule has 4 aromatic rings. The predicted molar refractivity (Wildman–Crippen MR) is 191 cm³/mol. The highest BCUT2D eigenvalue weighted by Crippen LogP contribution is 2.43. The van der Waals surface area contributed by atoms with Crippen LogP contribution in [-0.2, 0) is 10.4 Å². The van der Waals surface area contributed by atoms with E-state index in [9.17, 15) is 10.2 Å². The Morgan fingerprint density at radius 1 is 0.694 bits per heavy atom. The third-order valence-corrected chi connectivity index (χ3v) is 11.0. The number of benzene rings is 2. The molecule has 0 amide bonds. The van der Waals surface area contributed by atoms with Crippen LogP contribution < -0.4 is 0 Å². The van der Waals surface area contributed by atoms with Crippen molar-refractivity contribution < 1.29 is 27.7 Å². The van der Waals surface area contributed by atoms with E-state index in [4.69, 9.17) is 17.5 Å². The Labute approximate surface area is 288 Å². The van der Waals surface area contributed by atoms with E-state index >= 15 is 0 Å². The molecule has 0 saturated carbocycles. The highest BCUT2D eigenvalue weighted by molar-refractivity contribution is 7.79. The lowest BCUT2D eigenvalue weighted by molar-refractivity contribution is -0.0445. The number of fused-ring (bicyclic) bond motifs is 8. The number of hydrogen-bond donors (Lipinski definition) is 4. The summed E-state index contributed by atoms with van der Waals surface area (Å²) >= 11 is 0. The highest BCUT2D eigenvalue weighted by atomic mass is 32.3. The first-order chi connectivity index (χ1) is 23.6. The zero-order valence-electron chi connectivity index (χ0n) is 27.6. The molecule has 8 heterocycles. The minimum absolute atomic E-state index is 0.223. The van der Waals surface area contributed by atoms with Gasteiger partial charge in [0.15, 0.2) is 0 Å². The minimum Gasteiger partial charge on any atom is -0.387 e. The Morgan fingerprint density at radius 2 is 1.08 bits per heavy atom. The van der Waals surface area contributed by atoms with Gasteiger partial charge in [-0.05, 0) is 97.8 Å². The van der Waals surface area contributed by atoms with Gasteiger partial charge in [-0.1, -0.05) is 48.6 Å². The number of piperidine rings is 6. The lowest BCUT2D eigenvalue weighted by Crippen LogP contribution is -2.54. The van der Waals surface area contributed by atoms with Gasteiger partial charge in [0.05, 0.1) is 23.2 Å². The van der Waals surface area contributed by atoms with Crippen LogP contribution >= 0.6 is 0 Å². The van der Waals surface area contributed by atoms with Gasteiger partial charge in [0.2, 0.25) is 0 Å². The van der Waals surface area contributed by atoms with Gasteiger partial charge in [-0.15, -0.1) is 13.2 Å². The molecule has 0 spiro atoms. The second kappa shape index (κ2) is 15.1. The fraction of sp³-hybridized carbons (Fsp3) is 0.421. The first kappa shape index (κ1) is 35.3. The van der Waals surface area contributed by atoms with Gasteiger partial charge in [0, 0.05) is 48.3 Å². The van der Waals surface area contributed by atoms with Crippen molar-refractivity contribution in [2.24, 2.45) is 23.7 Å². The first-order valence-electron chi connectivity index (χ1n) is 17.0. The van der Waals surface area contributed by atoms with E-state index < -0.39 is 22.6 Å². The summed E-state index contributed by atoms with van der Waals surface area (Å²) in [6.45, 7) is 12.2. The molecule has 260 valence electrons. The molecule has 4 N–H and O–H groups in total. The maximum Gasteiger partial charge on any atom is 0.394 e. The molecule has 6 fully saturated rings. The molecule has 0 aliphatic carbocycles. The molecule has 49 heavy (non-hydrogen) atoms. The molecule has 10 nitrogen and oxygen atoms in total. The van der Waals surface area contributed by atoms with Crippen LogP contribution in [0.15, 0.2) is 98.4 Å². The van der Waals surface area contributed by atoms with Crippen LogP contribution in [0, 0.1) is 23.7 Å². The summed E-state index contributed by atoms with van der Waals surface area (Å²) in [4.78, 5) is 13.7. The number of para-hydroxylation sites is 2. The number of aliphatic hydroxyl groups is 2. The Hall–Kier alpha value is -3.55. The molecule has 4 unspecified atom stereocenters. The second-order valence-corrected chi connectivity index (χ2v) is 14.6. The van der Waals surface area contributed by atoms with Crippen molar-refractivity contribution in [1.82, 2.24) is 19.8 Å². The number of hydrogen-bond acceptors (Lipinski definition) is 8. The zero-order valence-corrected chi connectivity index (χ0v) is 28.4. The van der Waals surface area contributed by atoms with Crippen LogP contribution in [-0.4, -0.2) is 85.8 Å². The number of pyridine rings is 2. The number of aromatic nitrogens is 2. The lowest BCUT2D eigenvalue weighted by atomic mass is 9.73. The summed E-state index contributed by atoms with van der Waals surface area (Å²) in [5.74, 6) is 2.53. The quantitative estimate of drug-likeness (QED) is 0.148. The largest absolute Gasteiger partial charge is 0.394 e. The molecular formula is C38H46N4O6S. The molecule has 0 radical (unpaired) electrons. The van der Waals surface area contributed by atoms with E-state index in [0.717, 1.165) is 72.0 Å². The third kappa shape index (κ3) is 7.94. The van der Waals surface area contributed by atoms with Crippen molar-refractivity contribution in [3.8, 4) is 0 Å². The predicted octanol–water partition coefficient (Wildman–Crippen LogP) is 5.68. The van der Waals surface area contributed by atoms with Crippen LogP contribution in [0.1, 0.15) is 49.0 Å². The van der Waals surface area contributed by atoms with Crippen molar-refractivity contribution in [1.29, 1.82) is 0 Å². The Bertz CT molecular complexity index is 1750. The van der Waals surface area contributed by atoms with Crippen LogP contribution in [0.2, 0.25) is 0 Å². The molecule has 10 atom stereocenters. The van der Waals surface area contributed by atoms with Crippen LogP contribution in [0.4, 0.5) is 0 Å². The third-order valence-electron chi connectivity index (χ3n) is 11.0. The number of rotatable bonds is 6. The average Bonchev–Trinajstić information content (AvgIpc) is 3.13. The second-order valence-electron chi connectivity index (χ2n) is 13.7. The minimum atomic E-state index is -4.67. The summed E-state index contributed by atoms with van der Waals surface area (Å²) in [5, 5.41) is 24.2. The Kier molecular flexibility index (Phi) is 10.9. The normalized spacial score (nSPS) is 30.0. The van der Waals surface area contributed by atoms with E-state index in [1.165, 1.54) is 12.8 Å². The molecule has 6 aliphatic rings. The lowest BCUT2D eigenvalue weighted by Gasteiger charge is -2.50. The van der Waals surface area contributed by atoms with E-state index in [2.05, 4.69) is 57.2 Å². The highest BCUT2D eigenvalue weighted by Gasteiger charge is 2.43. The smallest absolute Gasteiger partial charge is 0.387 e. The monoisotopic (exact) mass is 686 g/mol. The molecule has 2 aromatic carbocycles. The van der Waals surface area contributed by atoms with Crippen molar-refractivity contribution in [3.05, 3.63) is 109 Å². The fourth-order valence-corrected chi connectivity index (χ4v) is 8.58. The van der Waals surface area contributed by atoms with Crippen LogP contribution in [0.25, 0.3) is 21.8 Å². The van der Waals surface area contributed by atoms with E-state index in [-0.39, 0.29) is 12.1 Å². The summed E-state index contributed by atoms with van der Waals surface area (Å²) < 4.78 is 31.6. The van der Waals surface area contributed by atoms with Crippen LogP contribution in [0.3, 0.4) is 0 Å². The molecular weight excluding hydrogens is 641 g/mol. The van der Waals surface area contributed by atoms with Gasteiger partial charge < -0.3 is 10.2 Å². The van der Waals surface area contributed by atoms with Crippen molar-refractivity contribution in [2.75, 3.05) is 26.2 Å².